The van der Waals surface area contributed by atoms with Crippen molar-refractivity contribution in [2.75, 3.05) is 40.9 Å². The summed E-state index contributed by atoms with van der Waals surface area (Å²) >= 11 is 0. The molecular weight excluding hydrogens is 972 g/mol. The molecule has 3 atom stereocenters. The van der Waals surface area contributed by atoms with E-state index in [4.69, 9.17) is 9.05 Å². The molecule has 3 unspecified atom stereocenters. The van der Waals surface area contributed by atoms with Gasteiger partial charge in [0.25, 0.3) is 7.82 Å². The van der Waals surface area contributed by atoms with Crippen LogP contribution in [-0.4, -0.2) is 68.5 Å². The molecule has 0 rings (SSSR count). The summed E-state index contributed by atoms with van der Waals surface area (Å²) < 4.78 is 23.4. The van der Waals surface area contributed by atoms with Crippen LogP contribution in [0.1, 0.15) is 328 Å². The Balaban J connectivity index is 4.12. The molecular formula is C68H131N2O6P. The molecule has 0 aliphatic rings. The minimum Gasteiger partial charge on any atom is -0.756 e. The van der Waals surface area contributed by atoms with E-state index in [2.05, 4.69) is 55.6 Å². The monoisotopic (exact) mass is 1100 g/mol. The number of nitrogens with one attached hydrogen (secondary N) is 1. The SMILES string of the molecule is CCCCCCC/C=C\C/C=C\CCCCCCCCCCCCCCCCCCCC(=O)NC(COP(=O)([O-])OCC[N+](C)(C)C)C(O)/C=C/CC/C=C/CCCCCCCCCCCCCCCCCCCCCC. The number of aliphatic hydroxyl groups excluding tert-OH is 1. The Labute approximate surface area is 479 Å². The van der Waals surface area contributed by atoms with Gasteiger partial charge in [-0.15, -0.1) is 0 Å². The number of hydrogen-bond acceptors (Lipinski definition) is 6. The summed E-state index contributed by atoms with van der Waals surface area (Å²) in [6, 6.07) is -0.905. The first-order valence-corrected chi connectivity index (χ1v) is 35.0. The van der Waals surface area contributed by atoms with Crippen LogP contribution in [0.15, 0.2) is 48.6 Å². The zero-order chi connectivity index (χ0) is 56.3. The highest BCUT2D eigenvalue weighted by molar-refractivity contribution is 7.45. The highest BCUT2D eigenvalue weighted by Crippen LogP contribution is 2.38. The number of rotatable bonds is 62. The average Bonchev–Trinajstić information content (AvgIpc) is 3.39. The van der Waals surface area contributed by atoms with Crippen molar-refractivity contribution in [1.82, 2.24) is 5.32 Å². The molecule has 0 aliphatic carbocycles. The summed E-state index contributed by atoms with van der Waals surface area (Å²) in [5, 5.41) is 13.9. The van der Waals surface area contributed by atoms with Gasteiger partial charge in [0.15, 0.2) is 0 Å². The Morgan fingerprint density at radius 1 is 0.455 bits per heavy atom. The van der Waals surface area contributed by atoms with Gasteiger partial charge in [-0.25, -0.2) is 0 Å². The molecule has 1 amide bonds. The minimum absolute atomic E-state index is 0.00568. The van der Waals surface area contributed by atoms with Crippen LogP contribution in [-0.2, 0) is 18.4 Å². The molecule has 0 fully saturated rings. The molecule has 0 heterocycles. The van der Waals surface area contributed by atoms with Crippen LogP contribution in [0.4, 0.5) is 0 Å². The number of nitrogens with zero attached hydrogens (tertiary/aromatic N) is 1. The van der Waals surface area contributed by atoms with Gasteiger partial charge in [-0.3, -0.25) is 9.36 Å². The summed E-state index contributed by atoms with van der Waals surface area (Å²) in [4.78, 5) is 25.6. The fourth-order valence-corrected chi connectivity index (χ4v) is 10.8. The molecule has 0 aliphatic heterocycles. The van der Waals surface area contributed by atoms with Gasteiger partial charge in [-0.1, -0.05) is 306 Å². The molecule has 454 valence electrons. The zero-order valence-corrected chi connectivity index (χ0v) is 52.8. The number of allylic oxidation sites excluding steroid dienone is 7. The first-order valence-electron chi connectivity index (χ1n) is 33.5. The van der Waals surface area contributed by atoms with Crippen molar-refractivity contribution < 1.29 is 32.9 Å². The third-order valence-corrected chi connectivity index (χ3v) is 16.2. The molecule has 8 nitrogen and oxygen atoms in total. The maximum absolute atomic E-state index is 13.0. The maximum atomic E-state index is 13.0. The number of amides is 1. The lowest BCUT2D eigenvalue weighted by Gasteiger charge is -2.29. The maximum Gasteiger partial charge on any atom is 0.268 e. The number of aliphatic hydroxyl groups is 1. The van der Waals surface area contributed by atoms with Crippen molar-refractivity contribution in [1.29, 1.82) is 0 Å². The fourth-order valence-electron chi connectivity index (χ4n) is 10.0. The highest BCUT2D eigenvalue weighted by Gasteiger charge is 2.23. The molecule has 2 N–H and O–H groups in total. The predicted octanol–water partition coefficient (Wildman–Crippen LogP) is 20.4. The van der Waals surface area contributed by atoms with Crippen molar-refractivity contribution in [3.8, 4) is 0 Å². The number of hydrogen-bond donors (Lipinski definition) is 2. The molecule has 77 heavy (non-hydrogen) atoms. The van der Waals surface area contributed by atoms with E-state index in [1.807, 2.05) is 27.2 Å². The van der Waals surface area contributed by atoms with Crippen LogP contribution >= 0.6 is 7.82 Å². The van der Waals surface area contributed by atoms with Gasteiger partial charge in [0, 0.05) is 6.42 Å². The van der Waals surface area contributed by atoms with E-state index in [9.17, 15) is 19.4 Å². The van der Waals surface area contributed by atoms with E-state index in [1.54, 1.807) is 6.08 Å². The van der Waals surface area contributed by atoms with Crippen LogP contribution in [0.3, 0.4) is 0 Å². The van der Waals surface area contributed by atoms with Crippen molar-refractivity contribution in [2.24, 2.45) is 0 Å². The fraction of sp³-hybridized carbons (Fsp3) is 0.868. The molecule has 0 aromatic carbocycles. The second-order valence-corrected chi connectivity index (χ2v) is 25.6. The number of carbonyl (C=O) groups excluding carboxylic acids is 1. The number of unbranched alkanes of at least 4 members (excludes halogenated alkanes) is 43. The number of phosphoric ester groups is 1. The van der Waals surface area contributed by atoms with Crippen LogP contribution in [0.2, 0.25) is 0 Å². The lowest BCUT2D eigenvalue weighted by atomic mass is 10.0. The summed E-state index contributed by atoms with van der Waals surface area (Å²) in [6.07, 6.45) is 79.4. The molecule has 9 heteroatoms. The number of quaternary nitrogens is 1. The van der Waals surface area contributed by atoms with Crippen molar-refractivity contribution in [3.63, 3.8) is 0 Å². The standard InChI is InChI=1S/C68H131N2O6P/c1-6-8-10-12-14-16-18-20-22-24-26-28-30-32-34-35-36-38-40-42-44-46-48-50-52-54-56-58-60-62-68(72)69-66(65-76-77(73,74)75-64-63-70(3,4)5)67(71)61-59-57-55-53-51-49-47-45-43-41-39-37-33-31-29-27-25-23-21-19-17-15-13-11-9-7-2/h18,20,24,26,51,53,59,61,66-67,71H,6-17,19,21-23,25,27-50,52,54-58,60,62-65H2,1-5H3,(H-,69,72,73,74)/b20-18-,26-24-,53-51+,61-59+. The second kappa shape index (κ2) is 59.1. The first-order chi connectivity index (χ1) is 37.5. The van der Waals surface area contributed by atoms with Crippen LogP contribution in [0.5, 0.6) is 0 Å². The van der Waals surface area contributed by atoms with Crippen LogP contribution < -0.4 is 10.2 Å². The van der Waals surface area contributed by atoms with E-state index < -0.39 is 26.6 Å². The van der Waals surface area contributed by atoms with E-state index in [0.717, 1.165) is 44.9 Å². The van der Waals surface area contributed by atoms with Gasteiger partial charge in [0.2, 0.25) is 5.91 Å². The van der Waals surface area contributed by atoms with E-state index in [-0.39, 0.29) is 12.5 Å². The van der Waals surface area contributed by atoms with Gasteiger partial charge in [-0.05, 0) is 64.2 Å². The smallest absolute Gasteiger partial charge is 0.268 e. The van der Waals surface area contributed by atoms with Gasteiger partial charge in [0.05, 0.1) is 39.9 Å². The molecule has 0 aromatic heterocycles. The first kappa shape index (κ1) is 75.5. The predicted molar refractivity (Wildman–Crippen MR) is 334 cm³/mol. The Kier molecular flexibility index (Phi) is 57.9. The largest absolute Gasteiger partial charge is 0.756 e. The minimum atomic E-state index is -4.61. The van der Waals surface area contributed by atoms with Crippen molar-refractivity contribution >= 4 is 13.7 Å². The third-order valence-electron chi connectivity index (χ3n) is 15.3. The van der Waals surface area contributed by atoms with Gasteiger partial charge in [-0.2, -0.15) is 0 Å². The molecule has 0 radical (unpaired) electrons. The molecule has 0 aromatic rings. The average molecular weight is 1100 g/mol. The normalized spacial score (nSPS) is 14.0. The lowest BCUT2D eigenvalue weighted by Crippen LogP contribution is -2.45. The number of carbonyl (C=O) groups is 1. The quantitative estimate of drug-likeness (QED) is 0.0272. The highest BCUT2D eigenvalue weighted by atomic mass is 31.2. The Morgan fingerprint density at radius 3 is 1.13 bits per heavy atom. The molecule has 0 spiro atoms. The van der Waals surface area contributed by atoms with Gasteiger partial charge in [0.1, 0.15) is 13.2 Å². The summed E-state index contributed by atoms with van der Waals surface area (Å²) in [7, 11) is 1.25. The van der Waals surface area contributed by atoms with E-state index in [0.29, 0.717) is 17.4 Å². The topological polar surface area (TPSA) is 108 Å². The molecule has 0 saturated carbocycles. The Hall–Kier alpha value is -1.54. The van der Waals surface area contributed by atoms with E-state index in [1.165, 1.54) is 263 Å². The second-order valence-electron chi connectivity index (χ2n) is 24.2. The van der Waals surface area contributed by atoms with Crippen molar-refractivity contribution in [2.45, 2.75) is 341 Å². The van der Waals surface area contributed by atoms with Crippen molar-refractivity contribution in [3.05, 3.63) is 48.6 Å². The molecule has 0 bridgehead atoms. The van der Waals surface area contributed by atoms with Gasteiger partial charge >= 0.3 is 0 Å². The molecule has 0 saturated heterocycles. The Morgan fingerprint density at radius 2 is 0.766 bits per heavy atom. The number of likely N-dealkylation sites (N-methyl/N-ethyl adjacent to an activating group) is 1. The summed E-state index contributed by atoms with van der Waals surface area (Å²) in [6.45, 7) is 4.66. The third kappa shape index (κ3) is 61.9. The zero-order valence-electron chi connectivity index (χ0n) is 51.9. The van der Waals surface area contributed by atoms with Crippen LogP contribution in [0, 0.1) is 0 Å². The lowest BCUT2D eigenvalue weighted by molar-refractivity contribution is -0.870. The Bertz CT molecular complexity index is 1390. The summed E-state index contributed by atoms with van der Waals surface area (Å²) in [5.74, 6) is -0.202. The summed E-state index contributed by atoms with van der Waals surface area (Å²) in [5.41, 5.74) is 0. The van der Waals surface area contributed by atoms with Crippen LogP contribution in [0.25, 0.3) is 0 Å². The van der Waals surface area contributed by atoms with Gasteiger partial charge < -0.3 is 28.8 Å². The number of phosphoric acid groups is 1. The van der Waals surface area contributed by atoms with E-state index >= 15 is 0 Å².